The van der Waals surface area contributed by atoms with E-state index in [0.29, 0.717) is 31.7 Å². The summed E-state index contributed by atoms with van der Waals surface area (Å²) in [5.74, 6) is 1.42. The first-order valence-corrected chi connectivity index (χ1v) is 9.81. The highest BCUT2D eigenvalue weighted by molar-refractivity contribution is 5.94. The second-order valence-electron chi connectivity index (χ2n) is 7.34. The highest BCUT2D eigenvalue weighted by Crippen LogP contribution is 2.25. The number of carbonyl (C=O) groups is 2. The molecule has 1 saturated heterocycles. The van der Waals surface area contributed by atoms with Crippen molar-refractivity contribution in [3.05, 3.63) is 58.7 Å². The second kappa shape index (κ2) is 8.99. The van der Waals surface area contributed by atoms with E-state index in [1.807, 2.05) is 26.8 Å². The lowest BCUT2D eigenvalue weighted by Crippen LogP contribution is -2.51. The Hall–Kier alpha value is -3.02. The second-order valence-corrected chi connectivity index (χ2v) is 7.34. The smallest absolute Gasteiger partial charge is 0.260 e. The van der Waals surface area contributed by atoms with Crippen LogP contribution in [0.4, 0.5) is 0 Å². The van der Waals surface area contributed by atoms with Crippen molar-refractivity contribution >= 4 is 11.8 Å². The largest absolute Gasteiger partial charge is 0.497 e. The van der Waals surface area contributed by atoms with E-state index >= 15 is 0 Å². The standard InChI is InChI=1S/C23H28N2O4/c1-16-5-6-17(2)22(18(16)3)29-15-21(26)24-11-13-25(14-12-24)23(27)19-7-9-20(28-4)10-8-19/h5-10H,11-15H2,1-4H3. The minimum absolute atomic E-state index is 0.0115. The number of amides is 2. The molecule has 0 aliphatic carbocycles. The lowest BCUT2D eigenvalue weighted by atomic mass is 10.1. The van der Waals surface area contributed by atoms with Crippen molar-refractivity contribution in [1.29, 1.82) is 0 Å². The van der Waals surface area contributed by atoms with E-state index in [9.17, 15) is 9.59 Å². The summed E-state index contributed by atoms with van der Waals surface area (Å²) in [4.78, 5) is 28.8. The molecule has 2 aromatic rings. The molecule has 0 bridgehead atoms. The van der Waals surface area contributed by atoms with Gasteiger partial charge in [0.1, 0.15) is 11.5 Å². The fourth-order valence-electron chi connectivity index (χ4n) is 3.45. The zero-order valence-corrected chi connectivity index (χ0v) is 17.5. The molecule has 0 atom stereocenters. The van der Waals surface area contributed by atoms with Crippen LogP contribution in [0.5, 0.6) is 11.5 Å². The van der Waals surface area contributed by atoms with Crippen molar-refractivity contribution in [3.63, 3.8) is 0 Å². The quantitative estimate of drug-likeness (QED) is 0.780. The summed E-state index contributed by atoms with van der Waals surface area (Å²) >= 11 is 0. The van der Waals surface area contributed by atoms with Crippen LogP contribution in [0, 0.1) is 20.8 Å². The number of piperazine rings is 1. The van der Waals surface area contributed by atoms with Gasteiger partial charge in [0.05, 0.1) is 7.11 Å². The number of ether oxygens (including phenoxy) is 2. The van der Waals surface area contributed by atoms with Crippen LogP contribution < -0.4 is 9.47 Å². The predicted octanol–water partition coefficient (Wildman–Crippen LogP) is 2.98. The van der Waals surface area contributed by atoms with Crippen LogP contribution in [-0.4, -0.2) is 61.5 Å². The molecule has 1 heterocycles. The van der Waals surface area contributed by atoms with Crippen molar-refractivity contribution < 1.29 is 19.1 Å². The highest BCUT2D eigenvalue weighted by Gasteiger charge is 2.25. The van der Waals surface area contributed by atoms with Gasteiger partial charge >= 0.3 is 0 Å². The molecule has 6 heteroatoms. The highest BCUT2D eigenvalue weighted by atomic mass is 16.5. The van der Waals surface area contributed by atoms with Gasteiger partial charge in [0.2, 0.25) is 0 Å². The van der Waals surface area contributed by atoms with Crippen LogP contribution in [0.2, 0.25) is 0 Å². The molecule has 29 heavy (non-hydrogen) atoms. The third-order valence-corrected chi connectivity index (χ3v) is 5.47. The van der Waals surface area contributed by atoms with Gasteiger partial charge in [-0.05, 0) is 61.7 Å². The number of aryl methyl sites for hydroxylation is 2. The molecule has 1 fully saturated rings. The number of rotatable bonds is 5. The van der Waals surface area contributed by atoms with Gasteiger partial charge in [-0.3, -0.25) is 9.59 Å². The number of hydrogen-bond acceptors (Lipinski definition) is 4. The lowest BCUT2D eigenvalue weighted by Gasteiger charge is -2.34. The van der Waals surface area contributed by atoms with E-state index < -0.39 is 0 Å². The summed E-state index contributed by atoms with van der Waals surface area (Å²) in [7, 11) is 1.60. The topological polar surface area (TPSA) is 59.1 Å². The Morgan fingerprint density at radius 3 is 2.07 bits per heavy atom. The molecule has 0 spiro atoms. The monoisotopic (exact) mass is 396 g/mol. The van der Waals surface area contributed by atoms with Crippen LogP contribution in [0.1, 0.15) is 27.0 Å². The first kappa shape index (κ1) is 20.7. The Morgan fingerprint density at radius 2 is 1.45 bits per heavy atom. The number of methoxy groups -OCH3 is 1. The van der Waals surface area contributed by atoms with Crippen molar-refractivity contribution in [2.75, 3.05) is 39.9 Å². The molecule has 0 aromatic heterocycles. The molecular weight excluding hydrogens is 368 g/mol. The van der Waals surface area contributed by atoms with Crippen molar-refractivity contribution in [2.45, 2.75) is 20.8 Å². The fourth-order valence-corrected chi connectivity index (χ4v) is 3.45. The first-order valence-electron chi connectivity index (χ1n) is 9.81. The van der Waals surface area contributed by atoms with Gasteiger partial charge in [-0.1, -0.05) is 12.1 Å². The number of carbonyl (C=O) groups excluding carboxylic acids is 2. The molecule has 2 aromatic carbocycles. The van der Waals surface area contributed by atoms with E-state index in [2.05, 4.69) is 6.07 Å². The summed E-state index contributed by atoms with van der Waals surface area (Å²) < 4.78 is 11.0. The van der Waals surface area contributed by atoms with Gasteiger partial charge < -0.3 is 19.3 Å². The minimum Gasteiger partial charge on any atom is -0.497 e. The Bertz CT molecular complexity index is 884. The molecule has 0 N–H and O–H groups in total. The van der Waals surface area contributed by atoms with Crippen LogP contribution in [-0.2, 0) is 4.79 Å². The molecule has 0 radical (unpaired) electrons. The zero-order valence-electron chi connectivity index (χ0n) is 17.5. The summed E-state index contributed by atoms with van der Waals surface area (Å²) in [6, 6.07) is 11.1. The van der Waals surface area contributed by atoms with E-state index in [1.54, 1.807) is 41.2 Å². The SMILES string of the molecule is COc1ccc(C(=O)N2CCN(C(=O)COc3c(C)ccc(C)c3C)CC2)cc1. The maximum atomic E-state index is 12.7. The predicted molar refractivity (Wildman–Crippen MR) is 112 cm³/mol. The normalized spacial score (nSPS) is 13.9. The molecule has 3 rings (SSSR count). The van der Waals surface area contributed by atoms with Gasteiger partial charge in [-0.2, -0.15) is 0 Å². The van der Waals surface area contributed by atoms with Gasteiger partial charge in [-0.25, -0.2) is 0 Å². The average Bonchev–Trinajstić information content (AvgIpc) is 2.76. The van der Waals surface area contributed by atoms with Crippen molar-refractivity contribution in [3.8, 4) is 11.5 Å². The Kier molecular flexibility index (Phi) is 6.42. The third-order valence-electron chi connectivity index (χ3n) is 5.47. The van der Waals surface area contributed by atoms with Gasteiger partial charge in [0, 0.05) is 31.7 Å². The molecule has 1 aliphatic heterocycles. The Morgan fingerprint density at radius 1 is 0.862 bits per heavy atom. The van der Waals surface area contributed by atoms with Crippen LogP contribution >= 0.6 is 0 Å². The van der Waals surface area contributed by atoms with Crippen LogP contribution in [0.25, 0.3) is 0 Å². The number of nitrogens with zero attached hydrogens (tertiary/aromatic N) is 2. The maximum Gasteiger partial charge on any atom is 0.260 e. The van der Waals surface area contributed by atoms with E-state index in [-0.39, 0.29) is 18.4 Å². The molecule has 2 amide bonds. The summed E-state index contributed by atoms with van der Waals surface area (Å²) in [5, 5.41) is 0. The van der Waals surface area contributed by atoms with Crippen molar-refractivity contribution in [2.24, 2.45) is 0 Å². The molecule has 0 saturated carbocycles. The van der Waals surface area contributed by atoms with Gasteiger partial charge in [-0.15, -0.1) is 0 Å². The zero-order chi connectivity index (χ0) is 21.0. The fraction of sp³-hybridized carbons (Fsp3) is 0.391. The minimum atomic E-state index is -0.0538. The molecule has 154 valence electrons. The van der Waals surface area contributed by atoms with Gasteiger partial charge in [0.25, 0.3) is 11.8 Å². The van der Waals surface area contributed by atoms with Crippen LogP contribution in [0.15, 0.2) is 36.4 Å². The molecular formula is C23H28N2O4. The molecule has 1 aliphatic rings. The average molecular weight is 396 g/mol. The summed E-state index contributed by atoms with van der Waals surface area (Å²) in [5.41, 5.74) is 3.85. The third kappa shape index (κ3) is 4.70. The molecule has 0 unspecified atom stereocenters. The molecule has 6 nitrogen and oxygen atoms in total. The van der Waals surface area contributed by atoms with Gasteiger partial charge in [0.15, 0.2) is 6.61 Å². The van der Waals surface area contributed by atoms with Crippen molar-refractivity contribution in [1.82, 2.24) is 9.80 Å². The summed E-state index contributed by atoms with van der Waals surface area (Å²) in [6.45, 7) is 8.07. The van der Waals surface area contributed by atoms with E-state index in [4.69, 9.17) is 9.47 Å². The maximum absolute atomic E-state index is 12.7. The number of hydrogen-bond donors (Lipinski definition) is 0. The van der Waals surface area contributed by atoms with E-state index in [0.717, 1.165) is 28.2 Å². The van der Waals surface area contributed by atoms with E-state index in [1.165, 1.54) is 0 Å². The first-order chi connectivity index (χ1) is 13.9. The summed E-state index contributed by atoms with van der Waals surface area (Å²) in [6.07, 6.45) is 0. The Balaban J connectivity index is 1.53. The number of benzene rings is 2. The van der Waals surface area contributed by atoms with Crippen LogP contribution in [0.3, 0.4) is 0 Å². The lowest BCUT2D eigenvalue weighted by molar-refractivity contribution is -0.134. The Labute approximate surface area is 172 Å².